The largest absolute Gasteiger partial charge is 0.496 e. The molecule has 0 bridgehead atoms. The highest BCUT2D eigenvalue weighted by molar-refractivity contribution is 7.51. The van der Waals surface area contributed by atoms with Gasteiger partial charge < -0.3 is 20.1 Å². The Morgan fingerprint density at radius 2 is 1.87 bits per heavy atom. The molecular weight excluding hydrogens is 561 g/mol. The molecule has 2 N–H and O–H groups in total. The third kappa shape index (κ3) is 9.21. The first-order chi connectivity index (χ1) is 18.5. The number of benzene rings is 1. The Morgan fingerprint density at radius 1 is 1.23 bits per heavy atom. The van der Waals surface area contributed by atoms with Gasteiger partial charge in [-0.2, -0.15) is 26.7 Å². The van der Waals surface area contributed by atoms with Crippen LogP contribution in [0.1, 0.15) is 50.0 Å². The zero-order valence-electron chi connectivity index (χ0n) is 22.3. The fourth-order valence-corrected chi connectivity index (χ4v) is 4.67. The SMILES string of the molecule is COCCn1nc(C(=O)NCC2CCC(C)CC2)c(Cl)c1-c1ccc(N[C@H](C)C(F)(F)F)cc1OC.O=S=O. The molecule has 1 heterocycles. The molecule has 1 atom stereocenters. The van der Waals surface area contributed by atoms with Gasteiger partial charge in [0.15, 0.2) is 5.69 Å². The van der Waals surface area contributed by atoms with Crippen molar-refractivity contribution in [3.05, 3.63) is 28.9 Å². The lowest BCUT2D eigenvalue weighted by atomic mass is 9.83. The van der Waals surface area contributed by atoms with Crippen molar-refractivity contribution in [2.75, 3.05) is 32.7 Å². The highest BCUT2D eigenvalue weighted by Crippen LogP contribution is 2.39. The fourth-order valence-electron chi connectivity index (χ4n) is 4.34. The van der Waals surface area contributed by atoms with E-state index < -0.39 is 23.8 Å². The van der Waals surface area contributed by atoms with Crippen LogP contribution in [0.25, 0.3) is 11.3 Å². The Balaban J connectivity index is 0.00000170. The number of hydrogen-bond acceptors (Lipinski definition) is 7. The lowest BCUT2D eigenvalue weighted by Crippen LogP contribution is -2.33. The first-order valence-electron chi connectivity index (χ1n) is 12.4. The van der Waals surface area contributed by atoms with Gasteiger partial charge in [-0.1, -0.05) is 31.4 Å². The predicted molar refractivity (Wildman–Crippen MR) is 143 cm³/mol. The van der Waals surface area contributed by atoms with Crippen molar-refractivity contribution in [2.45, 2.75) is 58.3 Å². The summed E-state index contributed by atoms with van der Waals surface area (Å²) in [5.74, 6) is 1.07. The monoisotopic (exact) mass is 594 g/mol. The molecule has 0 radical (unpaired) electrons. The number of aromatic nitrogens is 2. The van der Waals surface area contributed by atoms with Gasteiger partial charge >= 0.3 is 17.7 Å². The number of alkyl halides is 3. The molecule has 0 spiro atoms. The minimum absolute atomic E-state index is 0.0851. The molecule has 0 aliphatic heterocycles. The molecule has 1 aromatic heterocycles. The van der Waals surface area contributed by atoms with E-state index in [1.807, 2.05) is 0 Å². The van der Waals surface area contributed by atoms with E-state index in [4.69, 9.17) is 29.5 Å². The molecule has 3 rings (SSSR count). The summed E-state index contributed by atoms with van der Waals surface area (Å²) >= 11 is 5.94. The van der Waals surface area contributed by atoms with Gasteiger partial charge in [-0.3, -0.25) is 9.48 Å². The van der Waals surface area contributed by atoms with Crippen LogP contribution in [-0.2, 0) is 22.9 Å². The van der Waals surface area contributed by atoms with Crippen LogP contribution >= 0.6 is 11.6 Å². The zero-order chi connectivity index (χ0) is 29.2. The summed E-state index contributed by atoms with van der Waals surface area (Å²) in [4.78, 5) is 13.0. The number of ether oxygens (including phenoxy) is 2. The number of nitrogens with zero attached hydrogens (tertiary/aromatic N) is 2. The number of halogens is 4. The molecule has 1 aromatic carbocycles. The van der Waals surface area contributed by atoms with E-state index in [-0.39, 0.29) is 28.1 Å². The normalized spacial score (nSPS) is 17.9. The van der Waals surface area contributed by atoms with Crippen LogP contribution in [0.3, 0.4) is 0 Å². The zero-order valence-corrected chi connectivity index (χ0v) is 23.8. The van der Waals surface area contributed by atoms with Gasteiger partial charge in [-0.15, -0.1) is 0 Å². The van der Waals surface area contributed by atoms with Crippen LogP contribution in [-0.4, -0.2) is 63.7 Å². The Labute approximate surface area is 234 Å². The number of rotatable bonds is 10. The maximum atomic E-state index is 13.0. The van der Waals surface area contributed by atoms with Gasteiger partial charge in [0.05, 0.1) is 31.0 Å². The summed E-state index contributed by atoms with van der Waals surface area (Å²) < 4.78 is 67.8. The number of carbonyl (C=O) groups is 1. The van der Waals surface area contributed by atoms with Gasteiger partial charge in [-0.25, -0.2) is 0 Å². The minimum Gasteiger partial charge on any atom is -0.496 e. The Morgan fingerprint density at radius 3 is 2.44 bits per heavy atom. The van der Waals surface area contributed by atoms with Crippen molar-refractivity contribution in [3.8, 4) is 17.0 Å². The quantitative estimate of drug-likeness (QED) is 0.393. The fraction of sp³-hybridized carbons (Fsp3) is 0.600. The molecule has 1 aliphatic carbocycles. The molecule has 1 fully saturated rings. The second-order valence-electron chi connectivity index (χ2n) is 9.45. The molecule has 2 aromatic rings. The topological polar surface area (TPSA) is 112 Å². The van der Waals surface area contributed by atoms with E-state index in [1.165, 1.54) is 19.2 Å². The van der Waals surface area contributed by atoms with Crippen LogP contribution in [0.15, 0.2) is 18.2 Å². The van der Waals surface area contributed by atoms with Crippen molar-refractivity contribution in [3.63, 3.8) is 0 Å². The number of anilines is 1. The van der Waals surface area contributed by atoms with Gasteiger partial charge in [0, 0.05) is 31.0 Å². The Kier molecular flexibility index (Phi) is 12.7. The standard InChI is InChI=1S/C25H34ClF3N4O3.O2S/c1-15-5-7-17(8-6-15)14-30-24(34)22-21(26)23(33(32-22)11-12-35-3)19-10-9-18(13-20(19)36-4)31-16(2)25(27,28)29;1-3-2/h9-10,13,15-17,31H,5-8,11-12,14H2,1-4H3,(H,30,34);/t15?,16-,17?;/m1./s1. The van der Waals surface area contributed by atoms with Crippen molar-refractivity contribution in [1.82, 2.24) is 15.1 Å². The first-order valence-corrected chi connectivity index (χ1v) is 13.5. The lowest BCUT2D eigenvalue weighted by molar-refractivity contribution is -0.138. The maximum Gasteiger partial charge on any atom is 0.408 e. The highest BCUT2D eigenvalue weighted by atomic mass is 35.5. The summed E-state index contributed by atoms with van der Waals surface area (Å²) in [7, 11) is 2.96. The van der Waals surface area contributed by atoms with Crippen molar-refractivity contribution >= 4 is 34.8 Å². The molecule has 1 amide bonds. The number of amides is 1. The molecule has 218 valence electrons. The third-order valence-corrected chi connectivity index (χ3v) is 6.99. The van der Waals surface area contributed by atoms with Gasteiger partial charge in [0.2, 0.25) is 0 Å². The highest BCUT2D eigenvalue weighted by Gasteiger charge is 2.36. The number of hydrogen-bond donors (Lipinski definition) is 2. The molecule has 1 aliphatic rings. The lowest BCUT2D eigenvalue weighted by Gasteiger charge is -2.26. The van der Waals surface area contributed by atoms with Gasteiger partial charge in [-0.05, 0) is 43.7 Å². The van der Waals surface area contributed by atoms with Gasteiger partial charge in [0.25, 0.3) is 5.91 Å². The smallest absolute Gasteiger partial charge is 0.408 e. The van der Waals surface area contributed by atoms with E-state index in [1.54, 1.807) is 17.9 Å². The summed E-state index contributed by atoms with van der Waals surface area (Å²) in [6.07, 6.45) is 0.0690. The molecule has 0 saturated heterocycles. The van der Waals surface area contributed by atoms with E-state index in [0.29, 0.717) is 36.9 Å². The second kappa shape index (κ2) is 15.2. The number of methoxy groups -OCH3 is 2. The number of nitrogens with one attached hydrogen (secondary N) is 2. The Hall–Kier alpha value is -2.64. The predicted octanol–water partition coefficient (Wildman–Crippen LogP) is 5.11. The average Bonchev–Trinajstić information content (AvgIpc) is 3.22. The molecular formula is C25H34ClF3N4O5S. The third-order valence-electron chi connectivity index (χ3n) is 6.63. The van der Waals surface area contributed by atoms with Crippen molar-refractivity contribution in [2.24, 2.45) is 11.8 Å². The minimum atomic E-state index is -4.40. The molecule has 1 saturated carbocycles. The first kappa shape index (κ1) is 32.6. The van der Waals surface area contributed by atoms with Crippen LogP contribution in [0.5, 0.6) is 5.75 Å². The van der Waals surface area contributed by atoms with Crippen LogP contribution in [0, 0.1) is 11.8 Å². The average molecular weight is 595 g/mol. The van der Waals surface area contributed by atoms with Crippen molar-refractivity contribution in [1.29, 1.82) is 0 Å². The maximum absolute atomic E-state index is 13.0. The molecule has 39 heavy (non-hydrogen) atoms. The van der Waals surface area contributed by atoms with E-state index in [9.17, 15) is 18.0 Å². The summed E-state index contributed by atoms with van der Waals surface area (Å²) in [5.41, 5.74) is 1.25. The van der Waals surface area contributed by atoms with E-state index in [2.05, 4.69) is 22.7 Å². The van der Waals surface area contributed by atoms with Gasteiger partial charge in [0.1, 0.15) is 11.8 Å². The number of carbonyl (C=O) groups excluding carboxylic acids is 1. The molecule has 0 unspecified atom stereocenters. The molecule has 14 heteroatoms. The van der Waals surface area contributed by atoms with E-state index in [0.717, 1.165) is 38.5 Å². The second-order valence-corrected chi connectivity index (χ2v) is 9.97. The Bertz CT molecular complexity index is 1130. The summed E-state index contributed by atoms with van der Waals surface area (Å²) in [5, 5.41) is 9.99. The summed E-state index contributed by atoms with van der Waals surface area (Å²) in [6.45, 7) is 4.47. The van der Waals surface area contributed by atoms with Crippen LogP contribution in [0.2, 0.25) is 5.02 Å². The van der Waals surface area contributed by atoms with Crippen molar-refractivity contribution < 1.29 is 35.9 Å². The van der Waals surface area contributed by atoms with E-state index >= 15 is 0 Å². The molecule has 9 nitrogen and oxygen atoms in total. The van der Waals surface area contributed by atoms with Crippen LogP contribution in [0.4, 0.5) is 18.9 Å². The summed E-state index contributed by atoms with van der Waals surface area (Å²) in [6, 6.07) is 2.83. The van der Waals surface area contributed by atoms with Crippen LogP contribution < -0.4 is 15.4 Å².